The third-order valence-corrected chi connectivity index (χ3v) is 6.21. The minimum atomic E-state index is -0.262. The second-order valence-corrected chi connectivity index (χ2v) is 8.46. The van der Waals surface area contributed by atoms with E-state index in [4.69, 9.17) is 4.74 Å². The number of hydrogen-bond donors (Lipinski definition) is 2. The van der Waals surface area contributed by atoms with Crippen LogP contribution in [0, 0.1) is 0 Å². The fourth-order valence-corrected chi connectivity index (χ4v) is 4.56. The van der Waals surface area contributed by atoms with Crippen LogP contribution in [0.4, 0.5) is 5.95 Å². The maximum Gasteiger partial charge on any atom is 0.263 e. The Morgan fingerprint density at radius 3 is 2.81 bits per heavy atom. The number of fused-ring (bicyclic) bond motifs is 2. The van der Waals surface area contributed by atoms with E-state index in [-0.39, 0.29) is 36.5 Å². The van der Waals surface area contributed by atoms with Gasteiger partial charge in [0.15, 0.2) is 0 Å². The number of anilines is 1. The highest BCUT2D eigenvalue weighted by Gasteiger charge is 2.25. The Bertz CT molecular complexity index is 1040. The molecule has 9 nitrogen and oxygen atoms in total. The van der Waals surface area contributed by atoms with E-state index in [2.05, 4.69) is 10.3 Å². The molecule has 0 saturated heterocycles. The van der Waals surface area contributed by atoms with Crippen molar-refractivity contribution in [1.82, 2.24) is 14.5 Å². The van der Waals surface area contributed by atoms with E-state index in [1.165, 1.54) is 4.57 Å². The van der Waals surface area contributed by atoms with Crippen molar-refractivity contribution in [3.63, 3.8) is 0 Å². The molecule has 2 aliphatic rings. The minimum Gasteiger partial charge on any atom is -0.494 e. The quantitative estimate of drug-likeness (QED) is 0.545. The average Bonchev–Trinajstić information content (AvgIpc) is 3.44. The first-order valence-corrected chi connectivity index (χ1v) is 11.4. The lowest BCUT2D eigenvalue weighted by atomic mass is 10.1. The average molecular weight is 443 g/mol. The number of ether oxygens (including phenoxy) is 1. The Morgan fingerprint density at radius 1 is 1.22 bits per heavy atom. The lowest BCUT2D eigenvalue weighted by Crippen LogP contribution is -2.40. The fraction of sp³-hybridized carbons (Fsp3) is 0.565. The number of amides is 2. The van der Waals surface area contributed by atoms with Crippen molar-refractivity contribution in [2.24, 2.45) is 0 Å². The van der Waals surface area contributed by atoms with Gasteiger partial charge < -0.3 is 14.7 Å². The van der Waals surface area contributed by atoms with Crippen molar-refractivity contribution < 1.29 is 19.4 Å². The summed E-state index contributed by atoms with van der Waals surface area (Å²) in [6, 6.07) is 5.44. The van der Waals surface area contributed by atoms with Crippen LogP contribution in [0.5, 0.6) is 5.75 Å². The number of nitrogens with zero attached hydrogens (tertiary/aromatic N) is 3. The molecule has 32 heavy (non-hydrogen) atoms. The Labute approximate surface area is 186 Å². The molecule has 4 rings (SSSR count). The summed E-state index contributed by atoms with van der Waals surface area (Å²) in [5.41, 5.74) is 0.256. The molecule has 1 saturated carbocycles. The molecule has 0 radical (unpaired) electrons. The SMILES string of the molecule is O=C1Cn2c(nc3ccc(OCCCCCC(=O)N(CCO)C4CCCC4)cc3c2=O)N1. The molecular formula is C23H30N4O5. The lowest BCUT2D eigenvalue weighted by Gasteiger charge is -2.28. The summed E-state index contributed by atoms with van der Waals surface area (Å²) >= 11 is 0. The topological polar surface area (TPSA) is 114 Å². The van der Waals surface area contributed by atoms with Crippen LogP contribution in [0.3, 0.4) is 0 Å². The van der Waals surface area contributed by atoms with E-state index in [1.54, 1.807) is 18.2 Å². The maximum atomic E-state index is 12.6. The Kier molecular flexibility index (Phi) is 7.04. The third kappa shape index (κ3) is 4.93. The molecule has 2 heterocycles. The van der Waals surface area contributed by atoms with Crippen LogP contribution in [0.1, 0.15) is 51.4 Å². The molecule has 2 aromatic rings. The van der Waals surface area contributed by atoms with Gasteiger partial charge in [0, 0.05) is 19.0 Å². The van der Waals surface area contributed by atoms with Gasteiger partial charge in [-0.2, -0.15) is 0 Å². The molecule has 1 fully saturated rings. The molecule has 1 aromatic carbocycles. The number of rotatable bonds is 10. The number of nitrogens with one attached hydrogen (secondary N) is 1. The zero-order valence-electron chi connectivity index (χ0n) is 18.2. The molecule has 0 bridgehead atoms. The number of aromatic nitrogens is 2. The molecule has 2 amide bonds. The van der Waals surface area contributed by atoms with Crippen molar-refractivity contribution in [1.29, 1.82) is 0 Å². The van der Waals surface area contributed by atoms with Crippen LogP contribution < -0.4 is 15.6 Å². The van der Waals surface area contributed by atoms with Gasteiger partial charge in [0.25, 0.3) is 5.56 Å². The minimum absolute atomic E-state index is 0.0105. The van der Waals surface area contributed by atoms with Gasteiger partial charge in [-0.15, -0.1) is 0 Å². The first-order chi connectivity index (χ1) is 15.6. The lowest BCUT2D eigenvalue weighted by molar-refractivity contribution is -0.134. The second-order valence-electron chi connectivity index (χ2n) is 8.46. The number of carbonyl (C=O) groups is 2. The number of unbranched alkanes of at least 4 members (excludes halogenated alkanes) is 2. The van der Waals surface area contributed by atoms with Crippen LogP contribution >= 0.6 is 0 Å². The number of carbonyl (C=O) groups excluding carboxylic acids is 2. The molecule has 1 aliphatic heterocycles. The number of benzene rings is 1. The van der Waals surface area contributed by atoms with Gasteiger partial charge in [0.05, 0.1) is 24.1 Å². The molecule has 0 unspecified atom stereocenters. The largest absolute Gasteiger partial charge is 0.494 e. The zero-order valence-corrected chi connectivity index (χ0v) is 18.2. The van der Waals surface area contributed by atoms with E-state index < -0.39 is 0 Å². The number of aliphatic hydroxyl groups excluding tert-OH is 1. The maximum absolute atomic E-state index is 12.6. The molecule has 1 aliphatic carbocycles. The zero-order chi connectivity index (χ0) is 22.5. The normalized spacial score (nSPS) is 15.7. The highest BCUT2D eigenvalue weighted by molar-refractivity contribution is 5.94. The number of hydrogen-bond acceptors (Lipinski definition) is 6. The summed E-state index contributed by atoms with van der Waals surface area (Å²) in [7, 11) is 0. The van der Waals surface area contributed by atoms with E-state index in [1.807, 2.05) is 4.90 Å². The molecular weight excluding hydrogens is 412 g/mol. The van der Waals surface area contributed by atoms with Gasteiger partial charge in [0.1, 0.15) is 12.3 Å². The molecule has 1 aromatic heterocycles. The molecule has 0 atom stereocenters. The van der Waals surface area contributed by atoms with Crippen LogP contribution in [0.25, 0.3) is 10.9 Å². The van der Waals surface area contributed by atoms with Gasteiger partial charge in [0.2, 0.25) is 17.8 Å². The Balaban J connectivity index is 1.24. The van der Waals surface area contributed by atoms with Crippen LogP contribution in [-0.2, 0) is 16.1 Å². The predicted molar refractivity (Wildman–Crippen MR) is 120 cm³/mol. The molecule has 172 valence electrons. The van der Waals surface area contributed by atoms with Crippen LogP contribution in [0.2, 0.25) is 0 Å². The summed E-state index contributed by atoms with van der Waals surface area (Å²) in [6.07, 6.45) is 7.34. The van der Waals surface area contributed by atoms with Gasteiger partial charge in [-0.05, 0) is 50.3 Å². The van der Waals surface area contributed by atoms with Crippen molar-refractivity contribution in [3.8, 4) is 5.75 Å². The van der Waals surface area contributed by atoms with Gasteiger partial charge in [-0.3, -0.25) is 24.3 Å². The first-order valence-electron chi connectivity index (χ1n) is 11.4. The smallest absolute Gasteiger partial charge is 0.263 e. The van der Waals surface area contributed by atoms with E-state index in [9.17, 15) is 19.5 Å². The van der Waals surface area contributed by atoms with Crippen molar-refractivity contribution >= 4 is 28.7 Å². The van der Waals surface area contributed by atoms with Crippen LogP contribution in [-0.4, -0.2) is 57.2 Å². The molecule has 0 spiro atoms. The molecule has 9 heteroatoms. The fourth-order valence-electron chi connectivity index (χ4n) is 4.56. The highest BCUT2D eigenvalue weighted by atomic mass is 16.5. The predicted octanol–water partition coefficient (Wildman–Crippen LogP) is 2.05. The van der Waals surface area contributed by atoms with Gasteiger partial charge in [-0.25, -0.2) is 4.98 Å². The van der Waals surface area contributed by atoms with Crippen molar-refractivity contribution in [2.45, 2.75) is 64.0 Å². The van der Waals surface area contributed by atoms with Crippen molar-refractivity contribution in [2.75, 3.05) is 25.1 Å². The summed E-state index contributed by atoms with van der Waals surface area (Å²) in [5, 5.41) is 12.3. The van der Waals surface area contributed by atoms with E-state index in [0.29, 0.717) is 42.3 Å². The summed E-state index contributed by atoms with van der Waals surface area (Å²) in [6.45, 7) is 0.910. The van der Waals surface area contributed by atoms with Gasteiger partial charge >= 0.3 is 0 Å². The standard InChI is InChI=1S/C23H30N4O5/c28-12-11-26(16-6-3-4-7-16)21(30)8-2-1-5-13-32-17-9-10-19-18(14-17)22(31)27-15-20(29)25-23(27)24-19/h9-10,14,16,28H,1-8,11-13,15H2,(H,24,25,29). The Morgan fingerprint density at radius 2 is 2.03 bits per heavy atom. The summed E-state index contributed by atoms with van der Waals surface area (Å²) < 4.78 is 7.13. The van der Waals surface area contributed by atoms with E-state index >= 15 is 0 Å². The van der Waals surface area contributed by atoms with E-state index in [0.717, 1.165) is 44.9 Å². The monoisotopic (exact) mass is 442 g/mol. The van der Waals surface area contributed by atoms with Crippen LogP contribution in [0.15, 0.2) is 23.0 Å². The van der Waals surface area contributed by atoms with Gasteiger partial charge in [-0.1, -0.05) is 12.8 Å². The van der Waals surface area contributed by atoms with Crippen molar-refractivity contribution in [3.05, 3.63) is 28.6 Å². The summed E-state index contributed by atoms with van der Waals surface area (Å²) in [4.78, 5) is 42.9. The third-order valence-electron chi connectivity index (χ3n) is 6.21. The Hall–Kier alpha value is -2.94. The highest BCUT2D eigenvalue weighted by Crippen LogP contribution is 2.24. The first kappa shape index (κ1) is 22.3. The second kappa shape index (κ2) is 10.1. The molecule has 2 N–H and O–H groups in total. The number of aliphatic hydroxyl groups is 1. The summed E-state index contributed by atoms with van der Waals surface area (Å²) in [5.74, 6) is 0.749.